The van der Waals surface area contributed by atoms with Gasteiger partial charge in [-0.05, 0) is 30.7 Å². The summed E-state index contributed by atoms with van der Waals surface area (Å²) in [6, 6.07) is 8.41. The normalized spacial score (nSPS) is 17.7. The van der Waals surface area contributed by atoms with Gasteiger partial charge >= 0.3 is 0 Å². The molecule has 1 aliphatic rings. The average molecular weight is 494 g/mol. The van der Waals surface area contributed by atoms with Crippen LogP contribution < -0.4 is 10.6 Å². The van der Waals surface area contributed by atoms with Gasteiger partial charge in [-0.15, -0.1) is 24.0 Å². The predicted octanol–water partition coefficient (Wildman–Crippen LogP) is 2.90. The first-order chi connectivity index (χ1) is 12.0. The van der Waals surface area contributed by atoms with E-state index in [2.05, 4.69) is 46.3 Å². The minimum atomic E-state index is 0. The Bertz CT molecular complexity index is 541. The van der Waals surface area contributed by atoms with E-state index in [1.807, 2.05) is 31.3 Å². The van der Waals surface area contributed by atoms with E-state index in [9.17, 15) is 0 Å². The van der Waals surface area contributed by atoms with Crippen LogP contribution in [0.2, 0.25) is 5.02 Å². The van der Waals surface area contributed by atoms with Gasteiger partial charge in [0.15, 0.2) is 5.96 Å². The van der Waals surface area contributed by atoms with Crippen LogP contribution in [-0.4, -0.2) is 68.6 Å². The van der Waals surface area contributed by atoms with Crippen molar-refractivity contribution in [2.45, 2.75) is 26.4 Å². The minimum absolute atomic E-state index is 0. The zero-order valence-corrected chi connectivity index (χ0v) is 19.4. The molecule has 0 saturated carbocycles. The van der Waals surface area contributed by atoms with Crippen molar-refractivity contribution in [2.24, 2.45) is 10.9 Å². The Morgan fingerprint density at radius 3 is 2.27 bits per heavy atom. The molecule has 148 valence electrons. The van der Waals surface area contributed by atoms with Crippen molar-refractivity contribution in [1.29, 1.82) is 0 Å². The molecule has 0 aromatic heterocycles. The van der Waals surface area contributed by atoms with Gasteiger partial charge < -0.3 is 15.5 Å². The molecule has 1 heterocycles. The van der Waals surface area contributed by atoms with Crippen molar-refractivity contribution in [3.8, 4) is 0 Å². The highest BCUT2D eigenvalue weighted by Crippen LogP contribution is 2.13. The highest BCUT2D eigenvalue weighted by Gasteiger charge is 2.24. The van der Waals surface area contributed by atoms with Gasteiger partial charge in [0.1, 0.15) is 0 Å². The summed E-state index contributed by atoms with van der Waals surface area (Å²) >= 11 is 5.93. The number of halogens is 2. The second kappa shape index (κ2) is 12.0. The summed E-state index contributed by atoms with van der Waals surface area (Å²) in [6.45, 7) is 10.8. The van der Waals surface area contributed by atoms with E-state index >= 15 is 0 Å². The van der Waals surface area contributed by atoms with Crippen LogP contribution in [0.3, 0.4) is 0 Å². The summed E-state index contributed by atoms with van der Waals surface area (Å²) < 4.78 is 0. The molecule has 0 radical (unpaired) electrons. The standard InChI is InChI=1S/C19H32ClN5.HI/c1-15(2)18(25-11-9-24(4)10-12-25)14-23-19(21-3)22-13-16-5-7-17(20)8-6-16;/h5-8,15,18H,9-14H2,1-4H3,(H2,21,22,23);1H. The first-order valence-electron chi connectivity index (χ1n) is 9.11. The molecule has 0 aliphatic carbocycles. The molecule has 1 unspecified atom stereocenters. The van der Waals surface area contributed by atoms with Crippen LogP contribution in [0.1, 0.15) is 19.4 Å². The third kappa shape index (κ3) is 7.58. The smallest absolute Gasteiger partial charge is 0.191 e. The fourth-order valence-electron chi connectivity index (χ4n) is 3.15. The molecule has 1 saturated heterocycles. The number of aliphatic imine (C=N–C) groups is 1. The van der Waals surface area contributed by atoms with Crippen molar-refractivity contribution in [2.75, 3.05) is 46.8 Å². The van der Waals surface area contributed by atoms with Gasteiger partial charge in [-0.25, -0.2) is 0 Å². The van der Waals surface area contributed by atoms with E-state index in [1.165, 1.54) is 5.56 Å². The molecule has 1 fully saturated rings. The van der Waals surface area contributed by atoms with Crippen LogP contribution in [-0.2, 0) is 6.54 Å². The zero-order valence-electron chi connectivity index (χ0n) is 16.3. The third-order valence-corrected chi connectivity index (χ3v) is 5.10. The Morgan fingerprint density at radius 1 is 1.12 bits per heavy atom. The van der Waals surface area contributed by atoms with E-state index in [0.29, 0.717) is 12.0 Å². The minimum Gasteiger partial charge on any atom is -0.355 e. The Morgan fingerprint density at radius 2 is 1.73 bits per heavy atom. The molecule has 1 aliphatic heterocycles. The SMILES string of the molecule is CN=C(NCc1ccc(Cl)cc1)NCC(C(C)C)N1CCN(C)CC1.I. The Labute approximate surface area is 180 Å². The summed E-state index contributed by atoms with van der Waals surface area (Å²) in [4.78, 5) is 9.35. The maximum Gasteiger partial charge on any atom is 0.191 e. The molecule has 7 heteroatoms. The summed E-state index contributed by atoms with van der Waals surface area (Å²) in [7, 11) is 4.01. The molecule has 5 nitrogen and oxygen atoms in total. The first kappa shape index (κ1) is 23.5. The van der Waals surface area contributed by atoms with Gasteiger partial charge in [-0.3, -0.25) is 9.89 Å². The first-order valence-corrected chi connectivity index (χ1v) is 9.49. The second-order valence-corrected chi connectivity index (χ2v) is 7.52. The van der Waals surface area contributed by atoms with Gasteiger partial charge in [0.05, 0.1) is 0 Å². The lowest BCUT2D eigenvalue weighted by Gasteiger charge is -2.40. The maximum absolute atomic E-state index is 5.93. The number of benzene rings is 1. The lowest BCUT2D eigenvalue weighted by Crippen LogP contribution is -2.55. The monoisotopic (exact) mass is 493 g/mol. The van der Waals surface area contributed by atoms with E-state index in [-0.39, 0.29) is 24.0 Å². The number of piperazine rings is 1. The van der Waals surface area contributed by atoms with Crippen molar-refractivity contribution >= 4 is 41.5 Å². The lowest BCUT2D eigenvalue weighted by molar-refractivity contribution is 0.0900. The van der Waals surface area contributed by atoms with Gasteiger partial charge in [0.2, 0.25) is 0 Å². The van der Waals surface area contributed by atoms with Crippen LogP contribution in [0.25, 0.3) is 0 Å². The number of hydrogen-bond acceptors (Lipinski definition) is 3. The molecule has 1 aromatic carbocycles. The van der Waals surface area contributed by atoms with Crippen molar-refractivity contribution in [3.05, 3.63) is 34.9 Å². The quantitative estimate of drug-likeness (QED) is 0.363. The van der Waals surface area contributed by atoms with Gasteiger partial charge in [0.25, 0.3) is 0 Å². The Balaban J connectivity index is 0.00000338. The number of nitrogens with one attached hydrogen (secondary N) is 2. The van der Waals surface area contributed by atoms with E-state index in [1.54, 1.807) is 0 Å². The number of rotatable bonds is 6. The Kier molecular flexibility index (Phi) is 10.8. The molecule has 0 spiro atoms. The van der Waals surface area contributed by atoms with Crippen LogP contribution in [0, 0.1) is 5.92 Å². The van der Waals surface area contributed by atoms with Crippen LogP contribution in [0.5, 0.6) is 0 Å². The predicted molar refractivity (Wildman–Crippen MR) is 123 cm³/mol. The molecule has 1 atom stereocenters. The van der Waals surface area contributed by atoms with Crippen LogP contribution in [0.15, 0.2) is 29.3 Å². The molecule has 2 N–H and O–H groups in total. The maximum atomic E-state index is 5.93. The zero-order chi connectivity index (χ0) is 18.2. The molecule has 0 bridgehead atoms. The van der Waals surface area contributed by atoms with Crippen LogP contribution in [0.4, 0.5) is 0 Å². The number of likely N-dealkylation sites (N-methyl/N-ethyl adjacent to an activating group) is 1. The summed E-state index contributed by atoms with van der Waals surface area (Å²) in [6.07, 6.45) is 0. The van der Waals surface area contributed by atoms with Gasteiger partial charge in [0, 0.05) is 57.4 Å². The van der Waals surface area contributed by atoms with Crippen molar-refractivity contribution < 1.29 is 0 Å². The van der Waals surface area contributed by atoms with E-state index in [0.717, 1.165) is 50.3 Å². The topological polar surface area (TPSA) is 42.9 Å². The number of nitrogens with zero attached hydrogens (tertiary/aromatic N) is 3. The summed E-state index contributed by atoms with van der Waals surface area (Å²) in [5.41, 5.74) is 1.19. The van der Waals surface area contributed by atoms with Crippen molar-refractivity contribution in [1.82, 2.24) is 20.4 Å². The second-order valence-electron chi connectivity index (χ2n) is 7.08. The molecular formula is C19H33ClIN5. The number of hydrogen-bond donors (Lipinski definition) is 2. The largest absolute Gasteiger partial charge is 0.355 e. The molecule has 26 heavy (non-hydrogen) atoms. The highest BCUT2D eigenvalue weighted by molar-refractivity contribution is 14.0. The van der Waals surface area contributed by atoms with Gasteiger partial charge in [-0.2, -0.15) is 0 Å². The average Bonchev–Trinajstić information content (AvgIpc) is 2.60. The molecule has 2 rings (SSSR count). The fraction of sp³-hybridized carbons (Fsp3) is 0.632. The highest BCUT2D eigenvalue weighted by atomic mass is 127. The molecule has 0 amide bonds. The summed E-state index contributed by atoms with van der Waals surface area (Å²) in [5.74, 6) is 1.44. The van der Waals surface area contributed by atoms with Crippen molar-refractivity contribution in [3.63, 3.8) is 0 Å². The molecular weight excluding hydrogens is 461 g/mol. The fourth-order valence-corrected chi connectivity index (χ4v) is 3.28. The van der Waals surface area contributed by atoms with E-state index < -0.39 is 0 Å². The third-order valence-electron chi connectivity index (χ3n) is 4.85. The molecule has 1 aromatic rings. The van der Waals surface area contributed by atoms with Gasteiger partial charge in [-0.1, -0.05) is 37.6 Å². The summed E-state index contributed by atoms with van der Waals surface area (Å²) in [5, 5.41) is 7.64. The lowest BCUT2D eigenvalue weighted by atomic mass is 10.0. The number of guanidine groups is 1. The van der Waals surface area contributed by atoms with Crippen LogP contribution >= 0.6 is 35.6 Å². The Hall–Kier alpha value is -0.570. The van der Waals surface area contributed by atoms with E-state index in [4.69, 9.17) is 11.6 Å².